The normalized spacial score (nSPS) is 13.9. The van der Waals surface area contributed by atoms with Crippen molar-refractivity contribution in [1.29, 1.82) is 0 Å². The molecule has 0 aliphatic heterocycles. The number of amides is 3. The fourth-order valence-corrected chi connectivity index (χ4v) is 4.06. The van der Waals surface area contributed by atoms with Crippen molar-refractivity contribution in [2.75, 3.05) is 12.3 Å². The van der Waals surface area contributed by atoms with E-state index in [1.54, 1.807) is 42.5 Å². The van der Waals surface area contributed by atoms with E-state index in [-0.39, 0.29) is 30.8 Å². The van der Waals surface area contributed by atoms with Gasteiger partial charge in [0.05, 0.1) is 6.04 Å². The van der Waals surface area contributed by atoms with Crippen LogP contribution in [0, 0.1) is 0 Å². The average Bonchev–Trinajstić information content (AvgIpc) is 2.92. The third-order valence-corrected chi connectivity index (χ3v) is 6.39. The van der Waals surface area contributed by atoms with E-state index >= 15 is 0 Å². The number of carboxylic acids is 1. The van der Waals surface area contributed by atoms with Crippen LogP contribution in [-0.2, 0) is 32.0 Å². The van der Waals surface area contributed by atoms with Crippen LogP contribution < -0.4 is 27.4 Å². The molecule has 0 unspecified atom stereocenters. The maximum Gasteiger partial charge on any atom is 0.326 e. The molecule has 0 aromatic heterocycles. The Kier molecular flexibility index (Phi) is 13.3. The molecule has 2 aromatic carbocycles. The molecule has 0 fully saturated rings. The quantitative estimate of drug-likeness (QED) is 0.105. The molecule has 212 valence electrons. The average molecular weight is 560 g/mol. The fourth-order valence-electron chi connectivity index (χ4n) is 3.81. The molecule has 9 N–H and O–H groups in total. The van der Waals surface area contributed by atoms with Gasteiger partial charge in [-0.25, -0.2) is 4.79 Å². The first-order valence-corrected chi connectivity index (χ1v) is 13.3. The third kappa shape index (κ3) is 11.0. The zero-order valence-electron chi connectivity index (χ0n) is 21.6. The maximum absolute atomic E-state index is 13.1. The molecule has 0 spiro atoms. The van der Waals surface area contributed by atoms with Gasteiger partial charge >= 0.3 is 5.97 Å². The number of carbonyl (C=O) groups is 4. The molecule has 0 heterocycles. The summed E-state index contributed by atoms with van der Waals surface area (Å²) < 4.78 is 0. The van der Waals surface area contributed by atoms with Crippen LogP contribution in [0.15, 0.2) is 54.6 Å². The van der Waals surface area contributed by atoms with Crippen molar-refractivity contribution in [3.8, 4) is 5.75 Å². The van der Waals surface area contributed by atoms with E-state index in [4.69, 9.17) is 11.5 Å². The van der Waals surface area contributed by atoms with Gasteiger partial charge in [-0.15, -0.1) is 0 Å². The number of carbonyl (C=O) groups excluding carboxylic acids is 3. The predicted octanol–water partition coefficient (Wildman–Crippen LogP) is 0.103. The van der Waals surface area contributed by atoms with Crippen LogP contribution in [0.3, 0.4) is 0 Å². The lowest BCUT2D eigenvalue weighted by Crippen LogP contribution is -2.58. The number of aliphatic carboxylic acids is 1. The van der Waals surface area contributed by atoms with Crippen molar-refractivity contribution in [3.63, 3.8) is 0 Å². The molecule has 0 aliphatic rings. The monoisotopic (exact) mass is 559 g/mol. The molecule has 0 aliphatic carbocycles. The van der Waals surface area contributed by atoms with E-state index in [0.29, 0.717) is 19.4 Å². The van der Waals surface area contributed by atoms with E-state index in [0.717, 1.165) is 11.1 Å². The fraction of sp³-hybridized carbons (Fsp3) is 0.407. The van der Waals surface area contributed by atoms with E-state index in [1.807, 2.05) is 0 Å². The highest BCUT2D eigenvalue weighted by molar-refractivity contribution is 7.80. The van der Waals surface area contributed by atoms with Crippen LogP contribution in [0.25, 0.3) is 0 Å². The second-order valence-corrected chi connectivity index (χ2v) is 9.52. The first-order chi connectivity index (χ1) is 18.6. The summed E-state index contributed by atoms with van der Waals surface area (Å²) in [6.45, 7) is 0.405. The van der Waals surface area contributed by atoms with Crippen LogP contribution in [0.1, 0.15) is 30.4 Å². The molecule has 0 bridgehead atoms. The number of phenols is 1. The summed E-state index contributed by atoms with van der Waals surface area (Å²) in [6, 6.07) is 10.8. The Balaban J connectivity index is 2.04. The second kappa shape index (κ2) is 16.4. The number of aromatic hydroxyl groups is 1. The second-order valence-electron chi connectivity index (χ2n) is 9.16. The van der Waals surface area contributed by atoms with Crippen LogP contribution in [0.5, 0.6) is 5.75 Å². The Labute approximate surface area is 233 Å². The number of carboxylic acid groups (broad SMARTS) is 1. The number of unbranched alkanes of at least 4 members (excludes halogenated alkanes) is 1. The summed E-state index contributed by atoms with van der Waals surface area (Å²) in [7, 11) is 0. The van der Waals surface area contributed by atoms with Crippen LogP contribution >= 0.6 is 12.6 Å². The Morgan fingerprint density at radius 3 is 1.92 bits per heavy atom. The molecular formula is C27H37N5O6S. The van der Waals surface area contributed by atoms with Gasteiger partial charge in [-0.05, 0) is 55.5 Å². The first-order valence-electron chi connectivity index (χ1n) is 12.7. The van der Waals surface area contributed by atoms with Crippen molar-refractivity contribution in [2.45, 2.75) is 56.3 Å². The van der Waals surface area contributed by atoms with Gasteiger partial charge in [0, 0.05) is 12.2 Å². The summed E-state index contributed by atoms with van der Waals surface area (Å²) in [4.78, 5) is 50.5. The molecule has 0 saturated heterocycles. The van der Waals surface area contributed by atoms with Gasteiger partial charge in [0.25, 0.3) is 0 Å². The molecule has 3 amide bonds. The Bertz CT molecular complexity index is 1090. The number of nitrogens with one attached hydrogen (secondary N) is 3. The minimum atomic E-state index is -1.22. The topological polar surface area (TPSA) is 197 Å². The van der Waals surface area contributed by atoms with Crippen molar-refractivity contribution in [2.24, 2.45) is 11.5 Å². The largest absolute Gasteiger partial charge is 0.508 e. The number of hydrogen-bond donors (Lipinski definition) is 8. The molecule has 0 radical (unpaired) electrons. The van der Waals surface area contributed by atoms with Crippen LogP contribution in [0.4, 0.5) is 0 Å². The molecule has 11 nitrogen and oxygen atoms in total. The van der Waals surface area contributed by atoms with Gasteiger partial charge in [-0.3, -0.25) is 14.4 Å². The number of phenolic OH excluding ortho intramolecular Hbond substituents is 1. The lowest BCUT2D eigenvalue weighted by molar-refractivity contribution is -0.142. The van der Waals surface area contributed by atoms with E-state index in [9.17, 15) is 29.4 Å². The third-order valence-electron chi connectivity index (χ3n) is 6.02. The van der Waals surface area contributed by atoms with Gasteiger partial charge in [0.15, 0.2) is 0 Å². The number of thiol groups is 1. The Morgan fingerprint density at radius 2 is 1.33 bits per heavy atom. The predicted molar refractivity (Wildman–Crippen MR) is 150 cm³/mol. The number of benzene rings is 2. The zero-order valence-corrected chi connectivity index (χ0v) is 22.5. The molecule has 2 aromatic rings. The molecule has 12 heteroatoms. The first kappa shape index (κ1) is 31.6. The maximum atomic E-state index is 13.1. The molecule has 4 atom stereocenters. The van der Waals surface area contributed by atoms with Crippen molar-refractivity contribution in [3.05, 3.63) is 65.7 Å². The van der Waals surface area contributed by atoms with Gasteiger partial charge in [0.1, 0.15) is 23.9 Å². The zero-order chi connectivity index (χ0) is 28.8. The lowest BCUT2D eigenvalue weighted by atomic mass is 10.0. The number of hydrogen-bond acceptors (Lipinski definition) is 8. The SMILES string of the molecule is NCCCC[C@@H](NC(=O)[C@@H](N)Cc1ccc(O)cc1)C(=O)N[C@@H](CS)C(=O)N[C@@H](Cc1ccccc1)C(=O)O. The Hall–Kier alpha value is -3.61. The van der Waals surface area contributed by atoms with E-state index < -0.39 is 47.9 Å². The summed E-state index contributed by atoms with van der Waals surface area (Å²) >= 11 is 4.16. The number of nitrogens with two attached hydrogens (primary N) is 2. The van der Waals surface area contributed by atoms with Crippen molar-refractivity contribution >= 4 is 36.3 Å². The Morgan fingerprint density at radius 1 is 0.769 bits per heavy atom. The van der Waals surface area contributed by atoms with Gasteiger partial charge in [-0.2, -0.15) is 12.6 Å². The lowest BCUT2D eigenvalue weighted by Gasteiger charge is -2.24. The van der Waals surface area contributed by atoms with Crippen molar-refractivity contribution in [1.82, 2.24) is 16.0 Å². The van der Waals surface area contributed by atoms with Crippen LogP contribution in [-0.4, -0.2) is 70.4 Å². The molecule has 39 heavy (non-hydrogen) atoms. The minimum Gasteiger partial charge on any atom is -0.508 e. The summed E-state index contributed by atoms with van der Waals surface area (Å²) in [5.74, 6) is -3.12. The van der Waals surface area contributed by atoms with Gasteiger partial charge < -0.3 is 37.6 Å². The highest BCUT2D eigenvalue weighted by Crippen LogP contribution is 2.11. The van der Waals surface area contributed by atoms with E-state index in [2.05, 4.69) is 28.6 Å². The highest BCUT2D eigenvalue weighted by Gasteiger charge is 2.29. The van der Waals surface area contributed by atoms with Crippen molar-refractivity contribution < 1.29 is 29.4 Å². The highest BCUT2D eigenvalue weighted by atomic mass is 32.1. The van der Waals surface area contributed by atoms with E-state index in [1.165, 1.54) is 12.1 Å². The van der Waals surface area contributed by atoms with Gasteiger partial charge in [0.2, 0.25) is 17.7 Å². The van der Waals surface area contributed by atoms with Crippen LogP contribution in [0.2, 0.25) is 0 Å². The summed E-state index contributed by atoms with van der Waals surface area (Å²) in [5.41, 5.74) is 13.1. The standard InChI is InChI=1S/C27H37N5O6S/c28-13-5-4-8-21(30-24(34)20(29)14-18-9-11-19(33)12-10-18)25(35)32-23(16-39)26(36)31-22(27(37)38)15-17-6-2-1-3-7-17/h1-3,6-7,9-12,20-23,33,39H,4-5,8,13-16,28-29H2,(H,30,34)(H,31,36)(H,32,35)(H,37,38)/t20-,21+,22-,23-/m0/s1. The smallest absolute Gasteiger partial charge is 0.326 e. The minimum absolute atomic E-state index is 0.0614. The number of rotatable bonds is 16. The molecule has 2 rings (SSSR count). The molecule has 0 saturated carbocycles. The molecular weight excluding hydrogens is 522 g/mol. The van der Waals surface area contributed by atoms with Gasteiger partial charge in [-0.1, -0.05) is 42.5 Å². The summed E-state index contributed by atoms with van der Waals surface area (Å²) in [6.07, 6.45) is 1.66. The summed E-state index contributed by atoms with van der Waals surface area (Å²) in [5, 5.41) is 26.7.